The van der Waals surface area contributed by atoms with Crippen LogP contribution in [0.1, 0.15) is 37.0 Å². The summed E-state index contributed by atoms with van der Waals surface area (Å²) in [5, 5.41) is 2.81. The average molecular weight is 401 g/mol. The molecule has 0 fully saturated rings. The normalized spacial score (nSPS) is 10.8. The highest BCUT2D eigenvalue weighted by atomic mass is 127. The number of nitrogens with two attached hydrogens (primary N) is 1. The molecule has 0 heterocycles. The quantitative estimate of drug-likeness (QED) is 0.746. The molecule has 6 heteroatoms. The van der Waals surface area contributed by atoms with Crippen LogP contribution < -0.4 is 11.1 Å². The van der Waals surface area contributed by atoms with Gasteiger partial charge in [-0.15, -0.1) is 12.4 Å². The highest BCUT2D eigenvalue weighted by Gasteiger charge is 2.21. The van der Waals surface area contributed by atoms with Gasteiger partial charge < -0.3 is 11.1 Å². The van der Waals surface area contributed by atoms with E-state index < -0.39 is 0 Å². The molecule has 19 heavy (non-hydrogen) atoms. The molecule has 0 saturated heterocycles. The van der Waals surface area contributed by atoms with Crippen molar-refractivity contribution in [3.05, 3.63) is 33.1 Å². The van der Waals surface area contributed by atoms with Crippen molar-refractivity contribution in [1.82, 2.24) is 5.32 Å². The number of hydrogen-bond donors (Lipinski definition) is 2. The summed E-state index contributed by atoms with van der Waals surface area (Å²) in [6, 6.07) is 4.11. The van der Waals surface area contributed by atoms with Crippen LogP contribution in [0.2, 0.25) is 0 Å². The second kappa shape index (κ2) is 8.01. The number of rotatable bonds is 5. The van der Waals surface area contributed by atoms with Crippen LogP contribution in [-0.4, -0.2) is 18.0 Å². The van der Waals surface area contributed by atoms with Crippen LogP contribution >= 0.6 is 35.0 Å². The summed E-state index contributed by atoms with van der Waals surface area (Å²) in [7, 11) is 0. The van der Waals surface area contributed by atoms with E-state index in [1.54, 1.807) is 0 Å². The van der Waals surface area contributed by atoms with E-state index in [4.69, 9.17) is 5.73 Å². The number of benzene rings is 1. The van der Waals surface area contributed by atoms with Gasteiger partial charge in [0.05, 0.1) is 5.56 Å². The fourth-order valence-corrected chi connectivity index (χ4v) is 2.25. The average Bonchev–Trinajstić information content (AvgIpc) is 2.35. The minimum Gasteiger partial charge on any atom is -0.350 e. The van der Waals surface area contributed by atoms with E-state index in [1.807, 2.05) is 36.4 Å². The standard InChI is InChI=1S/C13H18FIN2O.ClH/c1-3-13(16,4-2)8-17-12(18)10-6-5-9(14)7-11(10)15;/h5-7H,3-4,8,16H2,1-2H3,(H,17,18);1H. The molecule has 0 saturated carbocycles. The first-order valence-electron chi connectivity index (χ1n) is 5.94. The third-order valence-corrected chi connectivity index (χ3v) is 4.08. The van der Waals surface area contributed by atoms with Gasteiger partial charge in [-0.3, -0.25) is 4.79 Å². The fourth-order valence-electron chi connectivity index (χ4n) is 1.53. The lowest BCUT2D eigenvalue weighted by atomic mass is 9.94. The van der Waals surface area contributed by atoms with Gasteiger partial charge in [0, 0.05) is 15.7 Å². The largest absolute Gasteiger partial charge is 0.350 e. The molecule has 0 aliphatic heterocycles. The van der Waals surface area contributed by atoms with Crippen LogP contribution in [0.5, 0.6) is 0 Å². The molecule has 0 radical (unpaired) electrons. The van der Waals surface area contributed by atoms with Gasteiger partial charge in [-0.1, -0.05) is 13.8 Å². The van der Waals surface area contributed by atoms with Crippen molar-refractivity contribution in [2.24, 2.45) is 5.73 Å². The Morgan fingerprint density at radius 1 is 1.42 bits per heavy atom. The SMILES string of the molecule is CCC(N)(CC)CNC(=O)c1ccc(F)cc1I.Cl. The van der Waals surface area contributed by atoms with Gasteiger partial charge in [-0.25, -0.2) is 4.39 Å². The van der Waals surface area contributed by atoms with Crippen LogP contribution in [0.25, 0.3) is 0 Å². The summed E-state index contributed by atoms with van der Waals surface area (Å²) in [5.74, 6) is -0.553. The first-order valence-corrected chi connectivity index (χ1v) is 7.02. The Bertz CT molecular complexity index is 439. The Morgan fingerprint density at radius 3 is 2.47 bits per heavy atom. The molecule has 3 nitrogen and oxygen atoms in total. The molecule has 1 amide bonds. The molecule has 0 aromatic heterocycles. The zero-order valence-electron chi connectivity index (χ0n) is 11.0. The van der Waals surface area contributed by atoms with Crippen molar-refractivity contribution >= 4 is 40.9 Å². The molecule has 1 aromatic carbocycles. The Labute approximate surface area is 133 Å². The van der Waals surface area contributed by atoms with Crippen molar-refractivity contribution in [1.29, 1.82) is 0 Å². The van der Waals surface area contributed by atoms with Crippen molar-refractivity contribution in [2.75, 3.05) is 6.54 Å². The molecule has 1 aromatic rings. The van der Waals surface area contributed by atoms with Crippen LogP contribution in [-0.2, 0) is 0 Å². The summed E-state index contributed by atoms with van der Waals surface area (Å²) < 4.78 is 13.5. The van der Waals surface area contributed by atoms with E-state index in [-0.39, 0.29) is 29.7 Å². The van der Waals surface area contributed by atoms with Gasteiger partial charge in [0.15, 0.2) is 0 Å². The molecular weight excluding hydrogens is 382 g/mol. The van der Waals surface area contributed by atoms with Crippen LogP contribution in [0.4, 0.5) is 4.39 Å². The molecular formula is C13H19ClFIN2O. The van der Waals surface area contributed by atoms with E-state index in [0.29, 0.717) is 15.7 Å². The lowest BCUT2D eigenvalue weighted by molar-refractivity contribution is 0.0941. The third kappa shape index (κ3) is 5.24. The Hall–Kier alpha value is -0.400. The summed E-state index contributed by atoms with van der Waals surface area (Å²) in [5.41, 5.74) is 6.21. The highest BCUT2D eigenvalue weighted by molar-refractivity contribution is 14.1. The van der Waals surface area contributed by atoms with Crippen molar-refractivity contribution in [2.45, 2.75) is 32.2 Å². The monoisotopic (exact) mass is 400 g/mol. The zero-order chi connectivity index (χ0) is 13.8. The molecule has 108 valence electrons. The molecule has 1 rings (SSSR count). The smallest absolute Gasteiger partial charge is 0.252 e. The molecule has 0 unspecified atom stereocenters. The maximum Gasteiger partial charge on any atom is 0.252 e. The number of amides is 1. The third-order valence-electron chi connectivity index (χ3n) is 3.19. The van der Waals surface area contributed by atoms with Crippen molar-refractivity contribution < 1.29 is 9.18 Å². The Kier molecular flexibility index (Phi) is 7.85. The van der Waals surface area contributed by atoms with Crippen molar-refractivity contribution in [3.8, 4) is 0 Å². The van der Waals surface area contributed by atoms with Gasteiger partial charge in [0.1, 0.15) is 5.82 Å². The van der Waals surface area contributed by atoms with Gasteiger partial charge >= 0.3 is 0 Å². The van der Waals surface area contributed by atoms with Crippen LogP contribution in [0.3, 0.4) is 0 Å². The van der Waals surface area contributed by atoms with Gasteiger partial charge in [-0.2, -0.15) is 0 Å². The second-order valence-electron chi connectivity index (χ2n) is 4.38. The zero-order valence-corrected chi connectivity index (χ0v) is 14.0. The minimum atomic E-state index is -0.374. The van der Waals surface area contributed by atoms with Crippen LogP contribution in [0, 0.1) is 9.39 Å². The predicted octanol–water partition coefficient (Wildman–Crippen LogP) is 3.10. The number of hydrogen-bond acceptors (Lipinski definition) is 2. The van der Waals surface area contributed by atoms with E-state index in [9.17, 15) is 9.18 Å². The predicted molar refractivity (Wildman–Crippen MR) is 86.2 cm³/mol. The van der Waals surface area contributed by atoms with E-state index in [2.05, 4.69) is 5.32 Å². The molecule has 0 atom stereocenters. The van der Waals surface area contributed by atoms with Gasteiger partial charge in [-0.05, 0) is 53.6 Å². The lowest BCUT2D eigenvalue weighted by Gasteiger charge is -2.26. The first-order chi connectivity index (χ1) is 8.41. The minimum absolute atomic E-state index is 0. The summed E-state index contributed by atoms with van der Waals surface area (Å²) in [6.07, 6.45) is 1.59. The summed E-state index contributed by atoms with van der Waals surface area (Å²) in [4.78, 5) is 12.0. The highest BCUT2D eigenvalue weighted by Crippen LogP contribution is 2.15. The van der Waals surface area contributed by atoms with E-state index in [1.165, 1.54) is 18.2 Å². The number of carbonyl (C=O) groups is 1. The molecule has 3 N–H and O–H groups in total. The molecule has 0 aliphatic carbocycles. The summed E-state index contributed by atoms with van der Waals surface area (Å²) in [6.45, 7) is 4.42. The maximum atomic E-state index is 12.9. The summed E-state index contributed by atoms with van der Waals surface area (Å²) >= 11 is 1.95. The Morgan fingerprint density at radius 2 is 2.00 bits per heavy atom. The fraction of sp³-hybridized carbons (Fsp3) is 0.462. The lowest BCUT2D eigenvalue weighted by Crippen LogP contribution is -2.49. The maximum absolute atomic E-state index is 12.9. The van der Waals surface area contributed by atoms with E-state index in [0.717, 1.165) is 12.8 Å². The van der Waals surface area contributed by atoms with Crippen LogP contribution in [0.15, 0.2) is 18.2 Å². The molecule has 0 bridgehead atoms. The number of halogens is 3. The Balaban J connectivity index is 0.00000324. The second-order valence-corrected chi connectivity index (χ2v) is 5.54. The van der Waals surface area contributed by atoms with Gasteiger partial charge in [0.2, 0.25) is 0 Å². The first kappa shape index (κ1) is 18.6. The van der Waals surface area contributed by atoms with Gasteiger partial charge in [0.25, 0.3) is 5.91 Å². The number of nitrogens with one attached hydrogen (secondary N) is 1. The number of carbonyl (C=O) groups excluding carboxylic acids is 1. The van der Waals surface area contributed by atoms with Crippen molar-refractivity contribution in [3.63, 3.8) is 0 Å². The van der Waals surface area contributed by atoms with E-state index >= 15 is 0 Å². The molecule has 0 aliphatic rings. The topological polar surface area (TPSA) is 55.1 Å². The molecule has 0 spiro atoms.